The Morgan fingerprint density at radius 1 is 1.10 bits per heavy atom. The third-order valence-corrected chi connectivity index (χ3v) is 3.65. The molecule has 1 aliphatic heterocycles. The van der Waals surface area contributed by atoms with Crippen molar-refractivity contribution in [3.05, 3.63) is 42.0 Å². The Morgan fingerprint density at radius 2 is 1.81 bits per heavy atom. The van der Waals surface area contributed by atoms with Gasteiger partial charge in [0.15, 0.2) is 0 Å². The van der Waals surface area contributed by atoms with Gasteiger partial charge in [0.25, 0.3) is 0 Å². The molecule has 1 fully saturated rings. The van der Waals surface area contributed by atoms with Gasteiger partial charge in [-0.1, -0.05) is 0 Å². The van der Waals surface area contributed by atoms with Gasteiger partial charge in [-0.05, 0) is 19.1 Å². The molecule has 0 aromatic carbocycles. The number of aromatic nitrogens is 3. The normalized spacial score (nSPS) is 14.9. The topological polar surface area (TPSA) is 68.9 Å². The lowest BCUT2D eigenvalue weighted by Gasteiger charge is -2.36. The molecule has 3 heterocycles. The Bertz CT molecular complexity index is 670. The molecule has 6 nitrogen and oxygen atoms in total. The van der Waals surface area contributed by atoms with Crippen molar-refractivity contribution in [3.63, 3.8) is 0 Å². The van der Waals surface area contributed by atoms with E-state index >= 15 is 0 Å². The number of hydrogen-bond donors (Lipinski definition) is 0. The lowest BCUT2D eigenvalue weighted by Crippen LogP contribution is -2.47. The summed E-state index contributed by atoms with van der Waals surface area (Å²) in [7, 11) is 0. The fourth-order valence-corrected chi connectivity index (χ4v) is 2.59. The van der Waals surface area contributed by atoms with Crippen LogP contribution >= 0.6 is 0 Å². The number of rotatable bonds is 2. The van der Waals surface area contributed by atoms with E-state index in [2.05, 4.69) is 30.8 Å². The molecule has 3 rings (SSSR count). The van der Waals surface area contributed by atoms with E-state index < -0.39 is 0 Å². The van der Waals surface area contributed by atoms with Crippen LogP contribution in [0.5, 0.6) is 0 Å². The first-order valence-electron chi connectivity index (χ1n) is 6.91. The lowest BCUT2D eigenvalue weighted by atomic mass is 10.2. The van der Waals surface area contributed by atoms with Crippen LogP contribution in [-0.2, 0) is 0 Å². The largest absolute Gasteiger partial charge is 0.353 e. The molecule has 0 amide bonds. The average Bonchev–Trinajstić information content (AvgIpc) is 2.55. The van der Waals surface area contributed by atoms with Gasteiger partial charge in [-0.25, -0.2) is 15.0 Å². The van der Waals surface area contributed by atoms with Crippen LogP contribution in [0.1, 0.15) is 11.1 Å². The molecule has 0 aliphatic carbocycles. The molecule has 0 atom stereocenters. The first-order chi connectivity index (χ1) is 10.3. The fourth-order valence-electron chi connectivity index (χ4n) is 2.59. The number of piperazine rings is 1. The highest BCUT2D eigenvalue weighted by atomic mass is 15.3. The fraction of sp³-hybridized carbons (Fsp3) is 0.333. The van der Waals surface area contributed by atoms with Crippen LogP contribution < -0.4 is 9.80 Å². The summed E-state index contributed by atoms with van der Waals surface area (Å²) in [6.45, 7) is 5.40. The Morgan fingerprint density at radius 3 is 2.48 bits per heavy atom. The molecule has 0 saturated carbocycles. The second-order valence-corrected chi connectivity index (χ2v) is 4.99. The predicted octanol–water partition coefficient (Wildman–Crippen LogP) is 1.38. The maximum Gasteiger partial charge on any atom is 0.146 e. The van der Waals surface area contributed by atoms with Crippen molar-refractivity contribution in [1.82, 2.24) is 15.0 Å². The number of nitriles is 1. The molecule has 6 heteroatoms. The second-order valence-electron chi connectivity index (χ2n) is 4.99. The zero-order valence-corrected chi connectivity index (χ0v) is 11.9. The highest BCUT2D eigenvalue weighted by molar-refractivity contribution is 5.55. The number of nitrogens with zero attached hydrogens (tertiary/aromatic N) is 6. The molecule has 1 saturated heterocycles. The van der Waals surface area contributed by atoms with Crippen molar-refractivity contribution in [1.29, 1.82) is 5.26 Å². The van der Waals surface area contributed by atoms with Crippen molar-refractivity contribution >= 4 is 11.6 Å². The van der Waals surface area contributed by atoms with Gasteiger partial charge in [-0.15, -0.1) is 0 Å². The van der Waals surface area contributed by atoms with Gasteiger partial charge in [0.05, 0.1) is 5.56 Å². The third-order valence-electron chi connectivity index (χ3n) is 3.65. The smallest absolute Gasteiger partial charge is 0.146 e. The average molecular weight is 280 g/mol. The van der Waals surface area contributed by atoms with Crippen LogP contribution in [0.4, 0.5) is 11.6 Å². The van der Waals surface area contributed by atoms with Crippen LogP contribution in [0.15, 0.2) is 30.9 Å². The first-order valence-corrected chi connectivity index (χ1v) is 6.91. The molecular weight excluding hydrogens is 264 g/mol. The van der Waals surface area contributed by atoms with E-state index in [1.807, 2.05) is 19.2 Å². The van der Waals surface area contributed by atoms with Crippen LogP contribution in [0.2, 0.25) is 0 Å². The maximum atomic E-state index is 9.17. The Kier molecular flexibility index (Phi) is 3.65. The zero-order chi connectivity index (χ0) is 14.7. The quantitative estimate of drug-likeness (QED) is 0.827. The molecule has 2 aromatic rings. The predicted molar refractivity (Wildman–Crippen MR) is 80.1 cm³/mol. The molecule has 0 spiro atoms. The minimum Gasteiger partial charge on any atom is -0.353 e. The van der Waals surface area contributed by atoms with E-state index in [0.717, 1.165) is 43.4 Å². The molecule has 21 heavy (non-hydrogen) atoms. The van der Waals surface area contributed by atoms with Gasteiger partial charge in [0.2, 0.25) is 0 Å². The zero-order valence-electron chi connectivity index (χ0n) is 11.9. The number of pyridine rings is 1. The highest BCUT2D eigenvalue weighted by Gasteiger charge is 2.21. The van der Waals surface area contributed by atoms with Crippen LogP contribution in [0.25, 0.3) is 0 Å². The highest BCUT2D eigenvalue weighted by Crippen LogP contribution is 2.21. The van der Waals surface area contributed by atoms with Crippen LogP contribution in [0, 0.1) is 18.3 Å². The summed E-state index contributed by atoms with van der Waals surface area (Å²) in [4.78, 5) is 17.2. The minimum atomic E-state index is 0.629. The molecule has 2 aromatic heterocycles. The Labute approximate surface area is 123 Å². The van der Waals surface area contributed by atoms with E-state index in [-0.39, 0.29) is 0 Å². The van der Waals surface area contributed by atoms with Gasteiger partial charge in [-0.2, -0.15) is 5.26 Å². The van der Waals surface area contributed by atoms with Crippen LogP contribution in [0.3, 0.4) is 0 Å². The molecular formula is C15H16N6. The molecule has 1 aliphatic rings. The van der Waals surface area contributed by atoms with E-state index in [4.69, 9.17) is 0 Å². The summed E-state index contributed by atoms with van der Waals surface area (Å²) in [5, 5.41) is 9.17. The number of aryl methyl sites for hydroxylation is 1. The summed E-state index contributed by atoms with van der Waals surface area (Å²) in [6.07, 6.45) is 5.15. The standard InChI is InChI=1S/C15H16N6/c1-12-10-17-11-19-14(12)20-5-7-21(8-6-20)15-13(9-16)3-2-4-18-15/h2-4,10-11H,5-8H2,1H3. The molecule has 106 valence electrons. The van der Waals surface area contributed by atoms with E-state index in [1.165, 1.54) is 0 Å². The summed E-state index contributed by atoms with van der Waals surface area (Å²) in [5.41, 5.74) is 1.71. The number of anilines is 2. The van der Waals surface area contributed by atoms with Crippen molar-refractivity contribution in [2.24, 2.45) is 0 Å². The van der Waals surface area contributed by atoms with Gasteiger partial charge in [-0.3, -0.25) is 0 Å². The molecule has 0 N–H and O–H groups in total. The summed E-state index contributed by atoms with van der Waals surface area (Å²) in [6, 6.07) is 5.81. The third kappa shape index (κ3) is 2.63. The molecule has 0 bridgehead atoms. The minimum absolute atomic E-state index is 0.629. The monoisotopic (exact) mass is 280 g/mol. The van der Waals surface area contributed by atoms with Gasteiger partial charge >= 0.3 is 0 Å². The van der Waals surface area contributed by atoms with Gasteiger partial charge in [0.1, 0.15) is 24.0 Å². The summed E-state index contributed by atoms with van der Waals surface area (Å²) >= 11 is 0. The van der Waals surface area contributed by atoms with Crippen LogP contribution in [-0.4, -0.2) is 41.1 Å². The van der Waals surface area contributed by atoms with E-state index in [9.17, 15) is 5.26 Å². The lowest BCUT2D eigenvalue weighted by molar-refractivity contribution is 0.639. The van der Waals surface area contributed by atoms with Crippen molar-refractivity contribution in [3.8, 4) is 6.07 Å². The van der Waals surface area contributed by atoms with E-state index in [0.29, 0.717) is 5.56 Å². The summed E-state index contributed by atoms with van der Waals surface area (Å²) < 4.78 is 0. The number of hydrogen-bond acceptors (Lipinski definition) is 6. The van der Waals surface area contributed by atoms with Gasteiger partial charge in [0, 0.05) is 44.1 Å². The Balaban J connectivity index is 1.74. The van der Waals surface area contributed by atoms with Crippen molar-refractivity contribution < 1.29 is 0 Å². The van der Waals surface area contributed by atoms with Crippen molar-refractivity contribution in [2.45, 2.75) is 6.92 Å². The van der Waals surface area contributed by atoms with E-state index in [1.54, 1.807) is 18.6 Å². The molecule has 0 unspecified atom stereocenters. The maximum absolute atomic E-state index is 9.17. The molecule has 0 radical (unpaired) electrons. The summed E-state index contributed by atoms with van der Waals surface area (Å²) in [5.74, 6) is 1.77. The van der Waals surface area contributed by atoms with Gasteiger partial charge < -0.3 is 9.80 Å². The first kappa shape index (κ1) is 13.3. The SMILES string of the molecule is Cc1cncnc1N1CCN(c2ncccc2C#N)CC1. The second kappa shape index (κ2) is 5.75. The van der Waals surface area contributed by atoms with Crippen molar-refractivity contribution in [2.75, 3.05) is 36.0 Å². The Hall–Kier alpha value is -2.68.